The van der Waals surface area contributed by atoms with Crippen LogP contribution in [0.5, 0.6) is 0 Å². The Labute approximate surface area is 138 Å². The highest BCUT2D eigenvalue weighted by Crippen LogP contribution is 2.31. The maximum atomic E-state index is 11.7. The van der Waals surface area contributed by atoms with Gasteiger partial charge in [0.2, 0.25) is 5.91 Å². The molecular formula is C14H11Br2ClN2O. The molecule has 3 nitrogen and oxygen atoms in total. The predicted octanol–water partition coefficient (Wildman–Crippen LogP) is 4.50. The fraction of sp³-hybridized carbons (Fsp3) is 0.0714. The molecule has 0 spiro atoms. The summed E-state index contributed by atoms with van der Waals surface area (Å²) >= 11 is 12.9. The predicted molar refractivity (Wildman–Crippen MR) is 88.9 cm³/mol. The molecule has 0 aromatic heterocycles. The van der Waals surface area contributed by atoms with Crippen LogP contribution in [0.3, 0.4) is 0 Å². The zero-order valence-electron chi connectivity index (χ0n) is 10.2. The average Bonchev–Trinajstić information content (AvgIpc) is 2.38. The van der Waals surface area contributed by atoms with Crippen molar-refractivity contribution in [3.8, 4) is 0 Å². The van der Waals surface area contributed by atoms with Crippen molar-refractivity contribution in [2.45, 2.75) is 6.04 Å². The SMILES string of the molecule is NC(=O)C(Nc1ccccc1Br)c1ccc(Br)cc1Cl. The molecule has 1 amide bonds. The van der Waals surface area contributed by atoms with E-state index in [4.69, 9.17) is 17.3 Å². The van der Waals surface area contributed by atoms with Gasteiger partial charge in [-0.15, -0.1) is 0 Å². The highest BCUT2D eigenvalue weighted by molar-refractivity contribution is 9.10. The lowest BCUT2D eigenvalue weighted by Gasteiger charge is -2.19. The molecule has 104 valence electrons. The Kier molecular flexibility index (Phi) is 5.07. The first-order chi connectivity index (χ1) is 9.49. The van der Waals surface area contributed by atoms with Gasteiger partial charge in [-0.2, -0.15) is 0 Å². The minimum absolute atomic E-state index is 0.475. The third kappa shape index (κ3) is 3.53. The number of halogens is 3. The molecule has 0 aliphatic rings. The molecule has 0 radical (unpaired) electrons. The fourth-order valence-electron chi connectivity index (χ4n) is 1.77. The van der Waals surface area contributed by atoms with E-state index in [0.29, 0.717) is 10.6 Å². The molecule has 0 aliphatic heterocycles. The summed E-state index contributed by atoms with van der Waals surface area (Å²) in [4.78, 5) is 11.7. The van der Waals surface area contributed by atoms with Gasteiger partial charge in [0.1, 0.15) is 6.04 Å². The van der Waals surface area contributed by atoms with Gasteiger partial charge >= 0.3 is 0 Å². The third-order valence-electron chi connectivity index (χ3n) is 2.73. The van der Waals surface area contributed by atoms with Crippen molar-refractivity contribution in [3.05, 3.63) is 62.0 Å². The number of rotatable bonds is 4. The summed E-state index contributed by atoms with van der Waals surface area (Å²) < 4.78 is 1.69. The van der Waals surface area contributed by atoms with Gasteiger partial charge in [0.25, 0.3) is 0 Å². The average molecular weight is 419 g/mol. The van der Waals surface area contributed by atoms with Crippen molar-refractivity contribution in [1.29, 1.82) is 0 Å². The van der Waals surface area contributed by atoms with E-state index in [0.717, 1.165) is 14.6 Å². The molecular weight excluding hydrogens is 407 g/mol. The van der Waals surface area contributed by atoms with Crippen molar-refractivity contribution in [2.24, 2.45) is 5.73 Å². The zero-order valence-corrected chi connectivity index (χ0v) is 14.2. The van der Waals surface area contributed by atoms with Crippen molar-refractivity contribution in [2.75, 3.05) is 5.32 Å². The smallest absolute Gasteiger partial charge is 0.244 e. The van der Waals surface area contributed by atoms with Crippen LogP contribution in [0.25, 0.3) is 0 Å². The topological polar surface area (TPSA) is 55.1 Å². The third-order valence-corrected chi connectivity index (χ3v) is 4.24. The molecule has 6 heteroatoms. The van der Waals surface area contributed by atoms with Crippen LogP contribution in [-0.2, 0) is 4.79 Å². The Balaban J connectivity index is 2.37. The van der Waals surface area contributed by atoms with E-state index in [-0.39, 0.29) is 0 Å². The summed E-state index contributed by atoms with van der Waals surface area (Å²) in [7, 11) is 0. The van der Waals surface area contributed by atoms with Crippen molar-refractivity contribution in [3.63, 3.8) is 0 Å². The van der Waals surface area contributed by atoms with Gasteiger partial charge in [0.05, 0.1) is 0 Å². The van der Waals surface area contributed by atoms with Gasteiger partial charge < -0.3 is 11.1 Å². The zero-order chi connectivity index (χ0) is 14.7. The molecule has 2 aromatic rings. The first-order valence-electron chi connectivity index (χ1n) is 5.74. The molecule has 1 unspecified atom stereocenters. The lowest BCUT2D eigenvalue weighted by atomic mass is 10.1. The standard InChI is InChI=1S/C14H11Br2ClN2O/c15-8-5-6-9(11(17)7-8)13(14(18)20)19-12-4-2-1-3-10(12)16/h1-7,13,19H,(H2,18,20). The number of primary amides is 1. The highest BCUT2D eigenvalue weighted by atomic mass is 79.9. The van der Waals surface area contributed by atoms with Crippen LogP contribution in [0.15, 0.2) is 51.4 Å². The molecule has 0 saturated heterocycles. The van der Waals surface area contributed by atoms with Crippen LogP contribution in [0.2, 0.25) is 5.02 Å². The summed E-state index contributed by atoms with van der Waals surface area (Å²) in [5, 5.41) is 3.58. The largest absolute Gasteiger partial charge is 0.369 e. The molecule has 0 saturated carbocycles. The maximum Gasteiger partial charge on any atom is 0.244 e. The Bertz CT molecular complexity index is 649. The Morgan fingerprint density at radius 2 is 1.90 bits per heavy atom. The second-order valence-corrected chi connectivity index (χ2v) is 6.30. The van der Waals surface area contributed by atoms with E-state index in [1.54, 1.807) is 12.1 Å². The maximum absolute atomic E-state index is 11.7. The van der Waals surface area contributed by atoms with Crippen LogP contribution in [0.4, 0.5) is 5.69 Å². The lowest BCUT2D eigenvalue weighted by molar-refractivity contribution is -0.118. The number of anilines is 1. The van der Waals surface area contributed by atoms with E-state index in [2.05, 4.69) is 37.2 Å². The Morgan fingerprint density at radius 1 is 1.20 bits per heavy atom. The number of carbonyl (C=O) groups is 1. The Morgan fingerprint density at radius 3 is 2.50 bits per heavy atom. The molecule has 3 N–H and O–H groups in total. The normalized spacial score (nSPS) is 11.9. The Hall–Kier alpha value is -1.04. The van der Waals surface area contributed by atoms with Gasteiger partial charge in [-0.3, -0.25) is 4.79 Å². The lowest BCUT2D eigenvalue weighted by Crippen LogP contribution is -2.28. The minimum Gasteiger partial charge on any atom is -0.369 e. The molecule has 20 heavy (non-hydrogen) atoms. The van der Waals surface area contributed by atoms with E-state index in [9.17, 15) is 4.79 Å². The summed E-state index contributed by atoms with van der Waals surface area (Å²) in [6, 6.07) is 12.1. The van der Waals surface area contributed by atoms with Gasteiger partial charge in [-0.05, 0) is 40.2 Å². The first-order valence-corrected chi connectivity index (χ1v) is 7.71. The van der Waals surface area contributed by atoms with E-state index in [1.165, 1.54) is 0 Å². The number of amides is 1. The molecule has 0 heterocycles. The second-order valence-electron chi connectivity index (χ2n) is 4.13. The number of hydrogen-bond acceptors (Lipinski definition) is 2. The van der Waals surface area contributed by atoms with E-state index < -0.39 is 11.9 Å². The van der Waals surface area contributed by atoms with E-state index in [1.807, 2.05) is 30.3 Å². The summed E-state index contributed by atoms with van der Waals surface area (Å²) in [6.07, 6.45) is 0. The number of carbonyl (C=O) groups excluding carboxylic acids is 1. The number of benzene rings is 2. The molecule has 2 rings (SSSR count). The van der Waals surface area contributed by atoms with Crippen molar-refractivity contribution >= 4 is 55.1 Å². The van der Waals surface area contributed by atoms with Crippen LogP contribution in [-0.4, -0.2) is 5.91 Å². The minimum atomic E-state index is -0.700. The molecule has 1 atom stereocenters. The molecule has 0 bridgehead atoms. The first kappa shape index (κ1) is 15.4. The van der Waals surface area contributed by atoms with Gasteiger partial charge in [0, 0.05) is 25.2 Å². The molecule has 0 fully saturated rings. The van der Waals surface area contributed by atoms with Gasteiger partial charge in [-0.1, -0.05) is 45.7 Å². The van der Waals surface area contributed by atoms with Crippen LogP contribution in [0, 0.1) is 0 Å². The van der Waals surface area contributed by atoms with Crippen molar-refractivity contribution in [1.82, 2.24) is 0 Å². The highest BCUT2D eigenvalue weighted by Gasteiger charge is 2.21. The monoisotopic (exact) mass is 416 g/mol. The summed E-state index contributed by atoms with van der Waals surface area (Å²) in [5.41, 5.74) is 6.90. The number of hydrogen-bond donors (Lipinski definition) is 2. The molecule has 2 aromatic carbocycles. The van der Waals surface area contributed by atoms with Crippen LogP contribution >= 0.6 is 43.5 Å². The van der Waals surface area contributed by atoms with Gasteiger partial charge in [-0.25, -0.2) is 0 Å². The van der Waals surface area contributed by atoms with Crippen LogP contribution < -0.4 is 11.1 Å². The van der Waals surface area contributed by atoms with E-state index >= 15 is 0 Å². The fourth-order valence-corrected chi connectivity index (χ4v) is 2.95. The van der Waals surface area contributed by atoms with Crippen LogP contribution in [0.1, 0.15) is 11.6 Å². The number of nitrogens with two attached hydrogens (primary N) is 1. The summed E-state index contributed by atoms with van der Waals surface area (Å²) in [6.45, 7) is 0. The van der Waals surface area contributed by atoms with Gasteiger partial charge in [0.15, 0.2) is 0 Å². The number of para-hydroxylation sites is 1. The number of nitrogens with one attached hydrogen (secondary N) is 1. The summed E-state index contributed by atoms with van der Waals surface area (Å²) in [5.74, 6) is -0.495. The second kappa shape index (κ2) is 6.61. The quantitative estimate of drug-likeness (QED) is 0.768. The molecule has 0 aliphatic carbocycles. The van der Waals surface area contributed by atoms with Crippen molar-refractivity contribution < 1.29 is 4.79 Å².